The van der Waals surface area contributed by atoms with E-state index < -0.39 is 0 Å². The molecule has 6 nitrogen and oxygen atoms in total. The fourth-order valence-corrected chi connectivity index (χ4v) is 2.08. The first-order valence-electron chi connectivity index (χ1n) is 6.94. The van der Waals surface area contributed by atoms with Crippen LogP contribution in [-0.4, -0.2) is 47.6 Å². The summed E-state index contributed by atoms with van der Waals surface area (Å²) in [6.07, 6.45) is 4.47. The monoisotopic (exact) mass is 280 g/mol. The van der Waals surface area contributed by atoms with Crippen LogP contribution in [0.5, 0.6) is 0 Å². The van der Waals surface area contributed by atoms with Gasteiger partial charge in [-0.15, -0.1) is 0 Å². The molecule has 2 N–H and O–H groups in total. The van der Waals surface area contributed by atoms with Crippen molar-refractivity contribution in [3.05, 3.63) is 24.2 Å². The van der Waals surface area contributed by atoms with Crippen molar-refractivity contribution in [3.8, 4) is 0 Å². The van der Waals surface area contributed by atoms with Crippen LogP contribution in [0.1, 0.15) is 36.2 Å². The molecular weight excluding hydrogens is 260 g/mol. The van der Waals surface area contributed by atoms with Crippen LogP contribution < -0.4 is 5.32 Å². The summed E-state index contributed by atoms with van der Waals surface area (Å²) in [6, 6.07) is 3.56. The van der Waals surface area contributed by atoms with Gasteiger partial charge in [-0.1, -0.05) is 0 Å². The van der Waals surface area contributed by atoms with Crippen LogP contribution in [-0.2, 0) is 4.79 Å². The molecule has 2 amide bonds. The SMILES string of the molecule is O=C(NCCCC(=O)N(CCO)C1CC1)c1ccco1. The number of aliphatic hydroxyl groups is 1. The lowest BCUT2D eigenvalue weighted by Gasteiger charge is -2.21. The van der Waals surface area contributed by atoms with E-state index in [4.69, 9.17) is 9.52 Å². The third-order valence-corrected chi connectivity index (χ3v) is 3.25. The Morgan fingerprint density at radius 2 is 2.25 bits per heavy atom. The van der Waals surface area contributed by atoms with Gasteiger partial charge in [0.15, 0.2) is 5.76 Å². The number of carbonyl (C=O) groups excluding carboxylic acids is 2. The zero-order valence-electron chi connectivity index (χ0n) is 11.4. The summed E-state index contributed by atoms with van der Waals surface area (Å²) < 4.78 is 4.97. The maximum absolute atomic E-state index is 12.0. The van der Waals surface area contributed by atoms with E-state index in [9.17, 15) is 9.59 Å². The van der Waals surface area contributed by atoms with Crippen LogP contribution in [0, 0.1) is 0 Å². The molecule has 0 radical (unpaired) electrons. The Kier molecular flexibility index (Phi) is 5.17. The van der Waals surface area contributed by atoms with E-state index in [-0.39, 0.29) is 24.2 Å². The van der Waals surface area contributed by atoms with E-state index >= 15 is 0 Å². The van der Waals surface area contributed by atoms with Gasteiger partial charge in [-0.2, -0.15) is 0 Å². The molecule has 0 aliphatic heterocycles. The zero-order chi connectivity index (χ0) is 14.4. The molecule has 1 fully saturated rings. The third-order valence-electron chi connectivity index (χ3n) is 3.25. The van der Waals surface area contributed by atoms with Crippen LogP contribution in [0.2, 0.25) is 0 Å². The summed E-state index contributed by atoms with van der Waals surface area (Å²) >= 11 is 0. The maximum Gasteiger partial charge on any atom is 0.286 e. The van der Waals surface area contributed by atoms with Crippen molar-refractivity contribution in [1.82, 2.24) is 10.2 Å². The molecule has 1 heterocycles. The highest BCUT2D eigenvalue weighted by atomic mass is 16.3. The molecule has 0 atom stereocenters. The van der Waals surface area contributed by atoms with Gasteiger partial charge in [-0.25, -0.2) is 0 Å². The minimum absolute atomic E-state index is 0.00251. The Balaban J connectivity index is 1.65. The number of hydrogen-bond donors (Lipinski definition) is 2. The van der Waals surface area contributed by atoms with Crippen molar-refractivity contribution in [2.24, 2.45) is 0 Å². The number of aliphatic hydroxyl groups excluding tert-OH is 1. The number of nitrogens with one attached hydrogen (secondary N) is 1. The van der Waals surface area contributed by atoms with Gasteiger partial charge in [0, 0.05) is 25.6 Å². The average Bonchev–Trinajstić information content (AvgIpc) is 3.13. The Morgan fingerprint density at radius 3 is 2.85 bits per heavy atom. The number of amides is 2. The molecule has 1 aromatic rings. The number of carbonyl (C=O) groups is 2. The second-order valence-corrected chi connectivity index (χ2v) is 4.88. The molecule has 0 aromatic carbocycles. The van der Waals surface area contributed by atoms with Gasteiger partial charge < -0.3 is 19.7 Å². The average molecular weight is 280 g/mol. The number of furan rings is 1. The minimum Gasteiger partial charge on any atom is -0.459 e. The Hall–Kier alpha value is -1.82. The number of rotatable bonds is 8. The Morgan fingerprint density at radius 1 is 1.45 bits per heavy atom. The van der Waals surface area contributed by atoms with Crippen LogP contribution in [0.15, 0.2) is 22.8 Å². The molecule has 1 aliphatic carbocycles. The van der Waals surface area contributed by atoms with Crippen molar-refractivity contribution >= 4 is 11.8 Å². The molecule has 0 saturated heterocycles. The number of hydrogen-bond acceptors (Lipinski definition) is 4. The van der Waals surface area contributed by atoms with Crippen molar-refractivity contribution in [1.29, 1.82) is 0 Å². The summed E-state index contributed by atoms with van der Waals surface area (Å²) in [5, 5.41) is 11.7. The number of nitrogens with zero attached hydrogens (tertiary/aromatic N) is 1. The normalized spacial score (nSPS) is 14.1. The second-order valence-electron chi connectivity index (χ2n) is 4.88. The molecule has 6 heteroatoms. The molecule has 0 unspecified atom stereocenters. The van der Waals surface area contributed by atoms with Gasteiger partial charge in [0.05, 0.1) is 12.9 Å². The zero-order valence-corrected chi connectivity index (χ0v) is 11.4. The summed E-state index contributed by atoms with van der Waals surface area (Å²) in [5.74, 6) is 0.0573. The third kappa shape index (κ3) is 4.09. The quantitative estimate of drug-likeness (QED) is 0.689. The second kappa shape index (κ2) is 7.09. The van der Waals surface area contributed by atoms with Crippen LogP contribution >= 0.6 is 0 Å². The van der Waals surface area contributed by atoms with Gasteiger partial charge >= 0.3 is 0 Å². The lowest BCUT2D eigenvalue weighted by atomic mass is 10.2. The minimum atomic E-state index is -0.267. The largest absolute Gasteiger partial charge is 0.459 e. The Labute approximate surface area is 117 Å². The molecule has 0 bridgehead atoms. The predicted molar refractivity (Wildman–Crippen MR) is 72.1 cm³/mol. The molecule has 1 saturated carbocycles. The highest BCUT2D eigenvalue weighted by Gasteiger charge is 2.31. The van der Waals surface area contributed by atoms with E-state index in [1.807, 2.05) is 0 Å². The van der Waals surface area contributed by atoms with Crippen LogP contribution in [0.25, 0.3) is 0 Å². The summed E-state index contributed by atoms with van der Waals surface area (Å²) in [7, 11) is 0. The highest BCUT2D eigenvalue weighted by molar-refractivity contribution is 5.91. The molecule has 1 aliphatic rings. The summed E-state index contributed by atoms with van der Waals surface area (Å²) in [4.78, 5) is 25.3. The molecule has 1 aromatic heterocycles. The van der Waals surface area contributed by atoms with Crippen molar-refractivity contribution in [2.45, 2.75) is 31.7 Å². The standard InChI is InChI=1S/C14H20N2O4/c17-9-8-16(11-5-6-11)13(18)4-1-7-15-14(19)12-3-2-10-20-12/h2-3,10-11,17H,1,4-9H2,(H,15,19). The van der Waals surface area contributed by atoms with Gasteiger partial charge in [-0.05, 0) is 31.4 Å². The molecule has 110 valence electrons. The first kappa shape index (κ1) is 14.6. The van der Waals surface area contributed by atoms with Crippen molar-refractivity contribution < 1.29 is 19.1 Å². The molecular formula is C14H20N2O4. The first-order valence-corrected chi connectivity index (χ1v) is 6.94. The topological polar surface area (TPSA) is 82.8 Å². The van der Waals surface area contributed by atoms with E-state index in [0.29, 0.717) is 32.0 Å². The summed E-state index contributed by atoms with van der Waals surface area (Å²) in [6.45, 7) is 0.836. The van der Waals surface area contributed by atoms with Gasteiger partial charge in [0.1, 0.15) is 0 Å². The van der Waals surface area contributed by atoms with Crippen LogP contribution in [0.3, 0.4) is 0 Å². The van der Waals surface area contributed by atoms with E-state index in [2.05, 4.69) is 5.32 Å². The van der Waals surface area contributed by atoms with Crippen molar-refractivity contribution in [3.63, 3.8) is 0 Å². The smallest absolute Gasteiger partial charge is 0.286 e. The van der Waals surface area contributed by atoms with Gasteiger partial charge in [-0.3, -0.25) is 9.59 Å². The Bertz CT molecular complexity index is 440. The lowest BCUT2D eigenvalue weighted by Crippen LogP contribution is -2.36. The van der Waals surface area contributed by atoms with Gasteiger partial charge in [0.2, 0.25) is 5.91 Å². The van der Waals surface area contributed by atoms with Crippen molar-refractivity contribution in [2.75, 3.05) is 19.7 Å². The molecule has 20 heavy (non-hydrogen) atoms. The highest BCUT2D eigenvalue weighted by Crippen LogP contribution is 2.27. The first-order chi connectivity index (χ1) is 9.72. The van der Waals surface area contributed by atoms with E-state index in [1.54, 1.807) is 17.0 Å². The molecule has 2 rings (SSSR count). The fraction of sp³-hybridized carbons (Fsp3) is 0.571. The van der Waals surface area contributed by atoms with E-state index in [0.717, 1.165) is 12.8 Å². The van der Waals surface area contributed by atoms with E-state index in [1.165, 1.54) is 6.26 Å². The van der Waals surface area contributed by atoms with Gasteiger partial charge in [0.25, 0.3) is 5.91 Å². The van der Waals surface area contributed by atoms with Crippen LogP contribution in [0.4, 0.5) is 0 Å². The molecule has 0 spiro atoms. The maximum atomic E-state index is 12.0. The lowest BCUT2D eigenvalue weighted by molar-refractivity contribution is -0.132. The predicted octanol–water partition coefficient (Wildman–Crippen LogP) is 0.773. The fourth-order valence-electron chi connectivity index (χ4n) is 2.08. The summed E-state index contributed by atoms with van der Waals surface area (Å²) in [5.41, 5.74) is 0.